The minimum Gasteiger partial charge on any atom is -0.490 e. The molecular formula is C15H19NO3. The van der Waals surface area contributed by atoms with Gasteiger partial charge in [0.05, 0.1) is 11.0 Å². The highest BCUT2D eigenvalue weighted by Gasteiger charge is 2.10. The van der Waals surface area contributed by atoms with Gasteiger partial charge in [0.15, 0.2) is 0 Å². The fourth-order valence-electron chi connectivity index (χ4n) is 1.71. The first kappa shape index (κ1) is 15.0. The Morgan fingerprint density at radius 1 is 1.16 bits per heavy atom. The second-order valence-corrected chi connectivity index (χ2v) is 4.22. The molecule has 1 rings (SSSR count). The molecule has 0 N–H and O–H groups in total. The molecule has 0 fully saturated rings. The number of nitro benzene ring substituents is 1. The van der Waals surface area contributed by atoms with Crippen molar-refractivity contribution in [2.24, 2.45) is 0 Å². The summed E-state index contributed by atoms with van der Waals surface area (Å²) in [5.74, 6) is 0.656. The minimum atomic E-state index is -0.420. The van der Waals surface area contributed by atoms with Gasteiger partial charge in [-0.05, 0) is 37.8 Å². The van der Waals surface area contributed by atoms with Crippen LogP contribution < -0.4 is 4.74 Å². The molecule has 0 spiro atoms. The normalized spacial score (nSPS) is 10.2. The number of benzene rings is 1. The van der Waals surface area contributed by atoms with Gasteiger partial charge in [-0.3, -0.25) is 10.1 Å². The van der Waals surface area contributed by atoms with E-state index in [1.54, 1.807) is 12.1 Å². The molecule has 1 aromatic carbocycles. The second kappa shape index (κ2) is 8.08. The van der Waals surface area contributed by atoms with Crippen LogP contribution in [0.4, 0.5) is 5.69 Å². The zero-order valence-electron chi connectivity index (χ0n) is 11.0. The van der Waals surface area contributed by atoms with Crippen LogP contribution in [0, 0.1) is 10.1 Å². The average Bonchev–Trinajstić information content (AvgIpc) is 2.42. The molecule has 0 heterocycles. The van der Waals surface area contributed by atoms with Gasteiger partial charge >= 0.3 is 0 Å². The van der Waals surface area contributed by atoms with Crippen LogP contribution >= 0.6 is 0 Å². The quantitative estimate of drug-likeness (QED) is 0.379. The van der Waals surface area contributed by atoms with Crippen LogP contribution in [-0.4, -0.2) is 11.0 Å². The molecule has 102 valence electrons. The number of nitro groups is 1. The highest BCUT2D eigenvalue weighted by molar-refractivity contribution is 5.36. The Labute approximate surface area is 113 Å². The van der Waals surface area contributed by atoms with Crippen LogP contribution in [0.3, 0.4) is 0 Å². The molecule has 0 amide bonds. The number of ether oxygens (including phenoxy) is 1. The maximum Gasteiger partial charge on any atom is 0.269 e. The Hall–Kier alpha value is -2.10. The first-order valence-corrected chi connectivity index (χ1v) is 6.30. The molecule has 0 unspecified atom stereocenters. The zero-order valence-corrected chi connectivity index (χ0v) is 11.0. The van der Waals surface area contributed by atoms with E-state index in [1.165, 1.54) is 12.1 Å². The van der Waals surface area contributed by atoms with Crippen molar-refractivity contribution in [3.05, 3.63) is 59.7 Å². The van der Waals surface area contributed by atoms with Crippen LogP contribution in [-0.2, 0) is 0 Å². The molecule has 0 aromatic heterocycles. The standard InChI is InChI=1S/C15H19NO3/c1-3-5-7-14(8-6-4-2)19-15-11-9-13(10-12-15)16(17)18/h3-4,9-12,14H,1-2,5-8H2. The van der Waals surface area contributed by atoms with Gasteiger partial charge in [0.2, 0.25) is 0 Å². The fourth-order valence-corrected chi connectivity index (χ4v) is 1.71. The molecule has 4 heteroatoms. The molecule has 0 aliphatic carbocycles. The van der Waals surface area contributed by atoms with Crippen molar-refractivity contribution in [2.75, 3.05) is 0 Å². The van der Waals surface area contributed by atoms with Gasteiger partial charge in [0.1, 0.15) is 5.75 Å². The van der Waals surface area contributed by atoms with Gasteiger partial charge in [0.25, 0.3) is 5.69 Å². The van der Waals surface area contributed by atoms with E-state index in [1.807, 2.05) is 12.2 Å². The monoisotopic (exact) mass is 261 g/mol. The third-order valence-corrected chi connectivity index (χ3v) is 2.74. The average molecular weight is 261 g/mol. The molecule has 0 bridgehead atoms. The van der Waals surface area contributed by atoms with Crippen molar-refractivity contribution >= 4 is 5.69 Å². The fraction of sp³-hybridized carbons (Fsp3) is 0.333. The molecule has 19 heavy (non-hydrogen) atoms. The Morgan fingerprint density at radius 3 is 2.11 bits per heavy atom. The van der Waals surface area contributed by atoms with E-state index in [0.29, 0.717) is 5.75 Å². The van der Waals surface area contributed by atoms with Crippen LogP contribution in [0.5, 0.6) is 5.75 Å². The number of hydrogen-bond acceptors (Lipinski definition) is 3. The summed E-state index contributed by atoms with van der Waals surface area (Å²) < 4.78 is 5.84. The van der Waals surface area contributed by atoms with Crippen molar-refractivity contribution in [2.45, 2.75) is 31.8 Å². The number of hydrogen-bond donors (Lipinski definition) is 0. The molecular weight excluding hydrogens is 242 g/mol. The number of nitrogens with zero attached hydrogens (tertiary/aromatic N) is 1. The van der Waals surface area contributed by atoms with Crippen molar-refractivity contribution < 1.29 is 9.66 Å². The third-order valence-electron chi connectivity index (χ3n) is 2.74. The van der Waals surface area contributed by atoms with E-state index in [0.717, 1.165) is 25.7 Å². The largest absolute Gasteiger partial charge is 0.490 e. The molecule has 0 radical (unpaired) electrons. The summed E-state index contributed by atoms with van der Waals surface area (Å²) in [6, 6.07) is 6.17. The van der Waals surface area contributed by atoms with Gasteiger partial charge in [0, 0.05) is 12.1 Å². The van der Waals surface area contributed by atoms with E-state index in [-0.39, 0.29) is 11.8 Å². The smallest absolute Gasteiger partial charge is 0.269 e. The van der Waals surface area contributed by atoms with Gasteiger partial charge in [-0.15, -0.1) is 13.2 Å². The first-order valence-electron chi connectivity index (χ1n) is 6.30. The van der Waals surface area contributed by atoms with Crippen molar-refractivity contribution in [1.29, 1.82) is 0 Å². The molecule has 0 atom stereocenters. The SMILES string of the molecule is C=CCCC(CCC=C)Oc1ccc([N+](=O)[O-])cc1. The lowest BCUT2D eigenvalue weighted by Gasteiger charge is -2.17. The van der Waals surface area contributed by atoms with E-state index in [9.17, 15) is 10.1 Å². The third kappa shape index (κ3) is 5.38. The topological polar surface area (TPSA) is 52.4 Å². The lowest BCUT2D eigenvalue weighted by atomic mass is 10.1. The summed E-state index contributed by atoms with van der Waals surface area (Å²) in [5.41, 5.74) is 0.0704. The summed E-state index contributed by atoms with van der Waals surface area (Å²) in [7, 11) is 0. The highest BCUT2D eigenvalue weighted by atomic mass is 16.6. The number of non-ortho nitro benzene ring substituents is 1. The lowest BCUT2D eigenvalue weighted by molar-refractivity contribution is -0.384. The molecule has 0 aliphatic heterocycles. The van der Waals surface area contributed by atoms with Crippen LogP contribution in [0.1, 0.15) is 25.7 Å². The summed E-state index contributed by atoms with van der Waals surface area (Å²) in [5, 5.41) is 10.6. The lowest BCUT2D eigenvalue weighted by Crippen LogP contribution is -2.16. The van der Waals surface area contributed by atoms with E-state index in [4.69, 9.17) is 4.74 Å². The van der Waals surface area contributed by atoms with Gasteiger partial charge in [-0.2, -0.15) is 0 Å². The molecule has 4 nitrogen and oxygen atoms in total. The maximum absolute atomic E-state index is 10.6. The predicted octanol–water partition coefficient (Wildman–Crippen LogP) is 4.27. The molecule has 0 aliphatic rings. The summed E-state index contributed by atoms with van der Waals surface area (Å²) in [6.07, 6.45) is 7.34. The predicted molar refractivity (Wildman–Crippen MR) is 76.4 cm³/mol. The highest BCUT2D eigenvalue weighted by Crippen LogP contribution is 2.21. The van der Waals surface area contributed by atoms with Gasteiger partial charge in [-0.25, -0.2) is 0 Å². The Morgan fingerprint density at radius 2 is 1.68 bits per heavy atom. The summed E-state index contributed by atoms with van der Waals surface area (Å²) in [4.78, 5) is 10.1. The van der Waals surface area contributed by atoms with Crippen molar-refractivity contribution in [3.8, 4) is 5.75 Å². The van der Waals surface area contributed by atoms with E-state index < -0.39 is 4.92 Å². The Balaban J connectivity index is 2.63. The van der Waals surface area contributed by atoms with Crippen molar-refractivity contribution in [3.63, 3.8) is 0 Å². The molecule has 0 saturated heterocycles. The minimum absolute atomic E-state index is 0.0704. The van der Waals surface area contributed by atoms with Crippen LogP contribution in [0.15, 0.2) is 49.6 Å². The van der Waals surface area contributed by atoms with Gasteiger partial charge in [-0.1, -0.05) is 12.2 Å². The molecule has 0 saturated carbocycles. The number of allylic oxidation sites excluding steroid dienone is 2. The summed E-state index contributed by atoms with van der Waals surface area (Å²) in [6.45, 7) is 7.40. The molecule has 1 aromatic rings. The second-order valence-electron chi connectivity index (χ2n) is 4.22. The maximum atomic E-state index is 10.6. The van der Waals surface area contributed by atoms with Gasteiger partial charge < -0.3 is 4.74 Å². The van der Waals surface area contributed by atoms with E-state index >= 15 is 0 Å². The first-order chi connectivity index (χ1) is 9.17. The summed E-state index contributed by atoms with van der Waals surface area (Å²) >= 11 is 0. The van der Waals surface area contributed by atoms with Crippen LogP contribution in [0.2, 0.25) is 0 Å². The Kier molecular flexibility index (Phi) is 6.36. The zero-order chi connectivity index (χ0) is 14.1. The van der Waals surface area contributed by atoms with Crippen molar-refractivity contribution in [1.82, 2.24) is 0 Å². The Bertz CT molecular complexity index is 414. The van der Waals surface area contributed by atoms with Crippen LogP contribution in [0.25, 0.3) is 0 Å². The number of rotatable bonds is 9. The van der Waals surface area contributed by atoms with E-state index in [2.05, 4.69) is 13.2 Å².